The maximum absolute atomic E-state index is 5.53. The standard InChI is InChI=1S/C14H19N5O/c1-3-12-13(4-2)18-19-14(17-12)16-8-9-20-11-6-5-7-15-10-11/h5-7,10H,3-4,8-9H2,1-2H3,(H,16,17,19). The molecule has 0 spiro atoms. The van der Waals surface area contributed by atoms with Gasteiger partial charge in [-0.05, 0) is 25.0 Å². The fourth-order valence-electron chi connectivity index (χ4n) is 1.78. The van der Waals surface area contributed by atoms with Crippen LogP contribution in [0.5, 0.6) is 5.75 Å². The van der Waals surface area contributed by atoms with Gasteiger partial charge in [-0.3, -0.25) is 4.98 Å². The molecule has 0 saturated heterocycles. The minimum absolute atomic E-state index is 0.520. The van der Waals surface area contributed by atoms with Gasteiger partial charge in [0.2, 0.25) is 5.95 Å². The molecule has 2 rings (SSSR count). The summed E-state index contributed by atoms with van der Waals surface area (Å²) < 4.78 is 5.53. The van der Waals surface area contributed by atoms with E-state index in [1.807, 2.05) is 12.1 Å². The molecule has 0 aromatic carbocycles. The third-order valence-electron chi connectivity index (χ3n) is 2.80. The summed E-state index contributed by atoms with van der Waals surface area (Å²) in [5, 5.41) is 11.4. The Kier molecular flexibility index (Phi) is 5.23. The number of anilines is 1. The average Bonchev–Trinajstić information content (AvgIpc) is 2.52. The molecule has 6 nitrogen and oxygen atoms in total. The molecule has 0 bridgehead atoms. The van der Waals surface area contributed by atoms with E-state index in [0.717, 1.165) is 30.0 Å². The highest BCUT2D eigenvalue weighted by Crippen LogP contribution is 2.07. The van der Waals surface area contributed by atoms with Gasteiger partial charge in [-0.2, -0.15) is 5.10 Å². The summed E-state index contributed by atoms with van der Waals surface area (Å²) in [5.41, 5.74) is 1.96. The van der Waals surface area contributed by atoms with Crippen molar-refractivity contribution in [1.82, 2.24) is 20.2 Å². The molecule has 0 atom stereocenters. The molecular weight excluding hydrogens is 254 g/mol. The van der Waals surface area contributed by atoms with Crippen LogP contribution in [0.2, 0.25) is 0 Å². The van der Waals surface area contributed by atoms with Gasteiger partial charge in [0.05, 0.1) is 24.1 Å². The molecule has 0 fully saturated rings. The van der Waals surface area contributed by atoms with Crippen LogP contribution in [-0.2, 0) is 12.8 Å². The van der Waals surface area contributed by atoms with Crippen LogP contribution in [0.25, 0.3) is 0 Å². The van der Waals surface area contributed by atoms with Crippen LogP contribution in [-0.4, -0.2) is 33.3 Å². The molecule has 20 heavy (non-hydrogen) atoms. The number of hydrogen-bond donors (Lipinski definition) is 1. The van der Waals surface area contributed by atoms with Gasteiger partial charge in [0.15, 0.2) is 0 Å². The molecule has 0 unspecified atom stereocenters. The molecule has 0 radical (unpaired) electrons. The maximum atomic E-state index is 5.53. The summed E-state index contributed by atoms with van der Waals surface area (Å²) in [7, 11) is 0. The third-order valence-corrected chi connectivity index (χ3v) is 2.80. The highest BCUT2D eigenvalue weighted by molar-refractivity contribution is 5.25. The Balaban J connectivity index is 1.82. The molecule has 1 N–H and O–H groups in total. The summed E-state index contributed by atoms with van der Waals surface area (Å²) >= 11 is 0. The first kappa shape index (κ1) is 14.2. The van der Waals surface area contributed by atoms with Crippen molar-refractivity contribution in [2.45, 2.75) is 26.7 Å². The van der Waals surface area contributed by atoms with E-state index < -0.39 is 0 Å². The molecule has 2 aromatic rings. The summed E-state index contributed by atoms with van der Waals surface area (Å²) in [4.78, 5) is 8.44. The zero-order valence-corrected chi connectivity index (χ0v) is 11.8. The van der Waals surface area contributed by atoms with E-state index in [2.05, 4.69) is 39.3 Å². The predicted molar refractivity (Wildman–Crippen MR) is 76.8 cm³/mol. The number of aryl methyl sites for hydroxylation is 2. The lowest BCUT2D eigenvalue weighted by molar-refractivity contribution is 0.331. The van der Waals surface area contributed by atoms with Crippen molar-refractivity contribution in [3.05, 3.63) is 35.9 Å². The van der Waals surface area contributed by atoms with Gasteiger partial charge < -0.3 is 10.1 Å². The van der Waals surface area contributed by atoms with Crippen LogP contribution in [0, 0.1) is 0 Å². The summed E-state index contributed by atoms with van der Waals surface area (Å²) in [6, 6.07) is 3.71. The van der Waals surface area contributed by atoms with Crippen molar-refractivity contribution < 1.29 is 4.74 Å². The Labute approximate surface area is 118 Å². The van der Waals surface area contributed by atoms with Crippen LogP contribution in [0.3, 0.4) is 0 Å². The van der Waals surface area contributed by atoms with E-state index in [4.69, 9.17) is 4.74 Å². The molecule has 0 aliphatic carbocycles. The lowest BCUT2D eigenvalue weighted by Crippen LogP contribution is -2.15. The largest absolute Gasteiger partial charge is 0.490 e. The van der Waals surface area contributed by atoms with Crippen LogP contribution in [0.1, 0.15) is 25.2 Å². The van der Waals surface area contributed by atoms with Gasteiger partial charge in [-0.25, -0.2) is 4.98 Å². The van der Waals surface area contributed by atoms with E-state index in [0.29, 0.717) is 19.1 Å². The van der Waals surface area contributed by atoms with E-state index in [9.17, 15) is 0 Å². The molecule has 106 valence electrons. The number of hydrogen-bond acceptors (Lipinski definition) is 6. The number of rotatable bonds is 7. The fourth-order valence-corrected chi connectivity index (χ4v) is 1.78. The average molecular weight is 273 g/mol. The van der Waals surface area contributed by atoms with Crippen molar-refractivity contribution in [3.63, 3.8) is 0 Å². The first-order valence-corrected chi connectivity index (χ1v) is 6.82. The van der Waals surface area contributed by atoms with Crippen LogP contribution in [0.15, 0.2) is 24.5 Å². The highest BCUT2D eigenvalue weighted by Gasteiger charge is 2.05. The van der Waals surface area contributed by atoms with Crippen LogP contribution in [0.4, 0.5) is 5.95 Å². The molecule has 0 saturated carbocycles. The lowest BCUT2D eigenvalue weighted by Gasteiger charge is -2.08. The molecule has 0 aliphatic rings. The Morgan fingerprint density at radius 1 is 1.15 bits per heavy atom. The smallest absolute Gasteiger partial charge is 0.243 e. The second kappa shape index (κ2) is 7.37. The van der Waals surface area contributed by atoms with Gasteiger partial charge in [0.1, 0.15) is 12.4 Å². The minimum Gasteiger partial charge on any atom is -0.490 e. The molecule has 0 aliphatic heterocycles. The first-order valence-electron chi connectivity index (χ1n) is 6.82. The number of ether oxygens (including phenoxy) is 1. The summed E-state index contributed by atoms with van der Waals surface area (Å²) in [5.74, 6) is 1.30. The first-order chi connectivity index (χ1) is 9.83. The molecular formula is C14H19N5O. The quantitative estimate of drug-likeness (QED) is 0.777. The predicted octanol–water partition coefficient (Wildman–Crippen LogP) is 1.88. The van der Waals surface area contributed by atoms with Gasteiger partial charge in [-0.15, -0.1) is 5.10 Å². The van der Waals surface area contributed by atoms with Crippen molar-refractivity contribution in [3.8, 4) is 5.75 Å². The Morgan fingerprint density at radius 2 is 2.00 bits per heavy atom. The van der Waals surface area contributed by atoms with Gasteiger partial charge >= 0.3 is 0 Å². The van der Waals surface area contributed by atoms with E-state index >= 15 is 0 Å². The molecule has 6 heteroatoms. The normalized spacial score (nSPS) is 10.3. The molecule has 0 amide bonds. The van der Waals surface area contributed by atoms with E-state index in [1.165, 1.54) is 0 Å². The number of aromatic nitrogens is 4. The molecule has 2 aromatic heterocycles. The third kappa shape index (κ3) is 3.88. The van der Waals surface area contributed by atoms with Crippen molar-refractivity contribution >= 4 is 5.95 Å². The second-order valence-electron chi connectivity index (χ2n) is 4.20. The van der Waals surface area contributed by atoms with Gasteiger partial charge in [0, 0.05) is 6.20 Å². The monoisotopic (exact) mass is 273 g/mol. The van der Waals surface area contributed by atoms with Crippen molar-refractivity contribution in [2.24, 2.45) is 0 Å². The minimum atomic E-state index is 0.520. The van der Waals surface area contributed by atoms with Crippen LogP contribution < -0.4 is 10.1 Å². The van der Waals surface area contributed by atoms with Gasteiger partial charge in [0.25, 0.3) is 0 Å². The maximum Gasteiger partial charge on any atom is 0.243 e. The zero-order chi connectivity index (χ0) is 14.2. The summed E-state index contributed by atoms with van der Waals surface area (Å²) in [6.07, 6.45) is 5.11. The topological polar surface area (TPSA) is 72.8 Å². The lowest BCUT2D eigenvalue weighted by atomic mass is 10.2. The molecule has 2 heterocycles. The highest BCUT2D eigenvalue weighted by atomic mass is 16.5. The van der Waals surface area contributed by atoms with Crippen molar-refractivity contribution in [1.29, 1.82) is 0 Å². The summed E-state index contributed by atoms with van der Waals surface area (Å²) in [6.45, 7) is 5.26. The zero-order valence-electron chi connectivity index (χ0n) is 11.8. The van der Waals surface area contributed by atoms with E-state index in [-0.39, 0.29) is 0 Å². The second-order valence-corrected chi connectivity index (χ2v) is 4.20. The number of nitrogens with zero attached hydrogens (tertiary/aromatic N) is 4. The SMILES string of the molecule is CCc1nnc(NCCOc2cccnc2)nc1CC. The van der Waals surface area contributed by atoms with Crippen molar-refractivity contribution in [2.75, 3.05) is 18.5 Å². The Hall–Kier alpha value is -2.24. The van der Waals surface area contributed by atoms with Gasteiger partial charge in [-0.1, -0.05) is 13.8 Å². The number of pyridine rings is 1. The Morgan fingerprint density at radius 3 is 2.70 bits per heavy atom. The van der Waals surface area contributed by atoms with Crippen LogP contribution >= 0.6 is 0 Å². The number of nitrogens with one attached hydrogen (secondary N) is 1. The fraction of sp³-hybridized carbons (Fsp3) is 0.429. The Bertz CT molecular complexity index is 532. The van der Waals surface area contributed by atoms with E-state index in [1.54, 1.807) is 12.4 Å².